The van der Waals surface area contributed by atoms with Gasteiger partial charge in [-0.1, -0.05) is 30.3 Å². The molecule has 0 bridgehead atoms. The summed E-state index contributed by atoms with van der Waals surface area (Å²) in [7, 11) is 4.05. The molecule has 2 aromatic carbocycles. The maximum Gasteiger partial charge on any atom is 0.257 e. The molecular weight excluding hydrogens is 340 g/mol. The van der Waals surface area contributed by atoms with Crippen LogP contribution in [0.15, 0.2) is 54.6 Å². The lowest BCUT2D eigenvalue weighted by Gasteiger charge is -2.35. The maximum atomic E-state index is 13.5. The van der Waals surface area contributed by atoms with E-state index in [-0.39, 0.29) is 11.9 Å². The summed E-state index contributed by atoms with van der Waals surface area (Å²) in [5, 5.41) is 0. The highest BCUT2D eigenvalue weighted by molar-refractivity contribution is 5.97. The first-order chi connectivity index (χ1) is 13.1. The topological polar surface area (TPSA) is 42.0 Å². The average molecular weight is 368 g/mol. The van der Waals surface area contributed by atoms with Crippen molar-refractivity contribution in [2.24, 2.45) is 0 Å². The summed E-state index contributed by atoms with van der Waals surface area (Å²) in [5.41, 5.74) is 0.603. The summed E-state index contributed by atoms with van der Waals surface area (Å²) in [5.74, 6) is 1.34. The van der Waals surface area contributed by atoms with Crippen LogP contribution in [0.5, 0.6) is 11.5 Å². The number of hydrogen-bond acceptors (Lipinski definition) is 4. The average Bonchev–Trinajstić information content (AvgIpc) is 2.70. The lowest BCUT2D eigenvalue weighted by Crippen LogP contribution is -2.46. The molecule has 3 rings (SSSR count). The molecule has 1 aliphatic heterocycles. The normalized spacial score (nSPS) is 14.9. The molecular formula is C22H28N2O3. The molecule has 1 amide bonds. The first kappa shape index (κ1) is 19.4. The van der Waals surface area contributed by atoms with Gasteiger partial charge in [0.1, 0.15) is 11.5 Å². The van der Waals surface area contributed by atoms with Crippen molar-refractivity contribution in [3.8, 4) is 11.5 Å². The smallest absolute Gasteiger partial charge is 0.257 e. The van der Waals surface area contributed by atoms with Gasteiger partial charge in [-0.3, -0.25) is 4.79 Å². The lowest BCUT2D eigenvalue weighted by atomic mass is 10.0. The van der Waals surface area contributed by atoms with Crippen LogP contribution in [0.2, 0.25) is 0 Å². The molecule has 27 heavy (non-hydrogen) atoms. The fourth-order valence-electron chi connectivity index (χ4n) is 3.26. The van der Waals surface area contributed by atoms with Crippen LogP contribution in [0.4, 0.5) is 0 Å². The van der Waals surface area contributed by atoms with Gasteiger partial charge < -0.3 is 19.3 Å². The highest BCUT2D eigenvalue weighted by atomic mass is 16.5. The summed E-state index contributed by atoms with van der Waals surface area (Å²) in [4.78, 5) is 17.6. The third-order valence-corrected chi connectivity index (χ3v) is 4.77. The fraction of sp³-hybridized carbons (Fsp3) is 0.409. The SMILES string of the molecule is CN(C)CCN(C(=O)c1ccccc1Oc1ccccc1)C1CCOCC1. The highest BCUT2D eigenvalue weighted by Crippen LogP contribution is 2.27. The van der Waals surface area contributed by atoms with Crippen molar-refractivity contribution >= 4 is 5.91 Å². The van der Waals surface area contributed by atoms with Gasteiger partial charge in [0.2, 0.25) is 0 Å². The van der Waals surface area contributed by atoms with Gasteiger partial charge in [0, 0.05) is 32.3 Å². The lowest BCUT2D eigenvalue weighted by molar-refractivity contribution is 0.0274. The second-order valence-electron chi connectivity index (χ2n) is 7.06. The first-order valence-corrected chi connectivity index (χ1v) is 9.50. The van der Waals surface area contributed by atoms with E-state index >= 15 is 0 Å². The Bertz CT molecular complexity index is 727. The summed E-state index contributed by atoms with van der Waals surface area (Å²) >= 11 is 0. The van der Waals surface area contributed by atoms with Crippen molar-refractivity contribution in [3.63, 3.8) is 0 Å². The van der Waals surface area contributed by atoms with Crippen LogP contribution in [-0.4, -0.2) is 62.1 Å². The van der Waals surface area contributed by atoms with Gasteiger partial charge in [-0.15, -0.1) is 0 Å². The molecule has 2 aromatic rings. The van der Waals surface area contributed by atoms with E-state index in [0.717, 1.165) is 25.1 Å². The minimum absolute atomic E-state index is 0.0234. The molecule has 1 fully saturated rings. The number of amides is 1. The molecule has 144 valence electrons. The number of carbonyl (C=O) groups is 1. The standard InChI is InChI=1S/C22H28N2O3/c1-23(2)14-15-24(18-12-16-26-17-13-18)22(25)20-10-6-7-11-21(20)27-19-8-4-3-5-9-19/h3-11,18H,12-17H2,1-2H3. The molecule has 0 radical (unpaired) electrons. The Morgan fingerprint density at radius 2 is 1.67 bits per heavy atom. The quantitative estimate of drug-likeness (QED) is 0.748. The zero-order valence-electron chi connectivity index (χ0n) is 16.1. The predicted octanol–water partition coefficient (Wildman–Crippen LogP) is 3.66. The number of rotatable bonds is 7. The van der Waals surface area contributed by atoms with E-state index < -0.39 is 0 Å². The molecule has 0 saturated carbocycles. The molecule has 1 saturated heterocycles. The predicted molar refractivity (Wildman–Crippen MR) is 106 cm³/mol. The van der Waals surface area contributed by atoms with Crippen molar-refractivity contribution in [1.29, 1.82) is 0 Å². The van der Waals surface area contributed by atoms with Crippen molar-refractivity contribution in [3.05, 3.63) is 60.2 Å². The molecule has 5 heteroatoms. The summed E-state index contributed by atoms with van der Waals surface area (Å²) < 4.78 is 11.5. The summed E-state index contributed by atoms with van der Waals surface area (Å²) in [6.07, 6.45) is 1.75. The third-order valence-electron chi connectivity index (χ3n) is 4.77. The molecule has 0 aromatic heterocycles. The molecule has 0 N–H and O–H groups in total. The van der Waals surface area contributed by atoms with Gasteiger partial charge in [-0.2, -0.15) is 0 Å². The van der Waals surface area contributed by atoms with Crippen LogP contribution in [0.1, 0.15) is 23.2 Å². The number of benzene rings is 2. The molecule has 5 nitrogen and oxygen atoms in total. The molecule has 0 spiro atoms. The largest absolute Gasteiger partial charge is 0.457 e. The second kappa shape index (κ2) is 9.53. The Labute approximate surface area is 161 Å². The van der Waals surface area contributed by atoms with Crippen molar-refractivity contribution in [1.82, 2.24) is 9.80 Å². The molecule has 0 aliphatic carbocycles. The summed E-state index contributed by atoms with van der Waals surface area (Å²) in [6.45, 7) is 2.93. The Kier molecular flexibility index (Phi) is 6.85. The van der Waals surface area contributed by atoms with Gasteiger partial charge in [-0.05, 0) is 51.2 Å². The van der Waals surface area contributed by atoms with E-state index in [1.54, 1.807) is 0 Å². The number of carbonyl (C=O) groups excluding carboxylic acids is 1. The number of likely N-dealkylation sites (N-methyl/N-ethyl adjacent to an activating group) is 1. The number of ether oxygens (including phenoxy) is 2. The number of nitrogens with zero attached hydrogens (tertiary/aromatic N) is 2. The second-order valence-corrected chi connectivity index (χ2v) is 7.06. The molecule has 1 heterocycles. The van der Waals surface area contributed by atoms with E-state index in [9.17, 15) is 4.79 Å². The monoisotopic (exact) mass is 368 g/mol. The summed E-state index contributed by atoms with van der Waals surface area (Å²) in [6, 6.07) is 17.3. The first-order valence-electron chi connectivity index (χ1n) is 9.50. The number of para-hydroxylation sites is 2. The fourth-order valence-corrected chi connectivity index (χ4v) is 3.26. The molecule has 0 unspecified atom stereocenters. The van der Waals surface area contributed by atoms with Crippen molar-refractivity contribution in [2.45, 2.75) is 18.9 Å². The minimum atomic E-state index is 0.0234. The van der Waals surface area contributed by atoms with Gasteiger partial charge in [0.25, 0.3) is 5.91 Å². The minimum Gasteiger partial charge on any atom is -0.457 e. The van der Waals surface area contributed by atoms with E-state index in [1.165, 1.54) is 0 Å². The van der Waals surface area contributed by atoms with Crippen LogP contribution in [0.3, 0.4) is 0 Å². The van der Waals surface area contributed by atoms with E-state index in [1.807, 2.05) is 73.6 Å². The molecule has 0 atom stereocenters. The Morgan fingerprint density at radius 1 is 1.00 bits per heavy atom. The van der Waals surface area contributed by atoms with Crippen LogP contribution in [0.25, 0.3) is 0 Å². The van der Waals surface area contributed by atoms with E-state index in [0.29, 0.717) is 31.1 Å². The van der Waals surface area contributed by atoms with Gasteiger partial charge in [0.05, 0.1) is 5.56 Å². The van der Waals surface area contributed by atoms with Crippen LogP contribution in [0, 0.1) is 0 Å². The van der Waals surface area contributed by atoms with Crippen molar-refractivity contribution < 1.29 is 14.3 Å². The van der Waals surface area contributed by atoms with Crippen molar-refractivity contribution in [2.75, 3.05) is 40.4 Å². The van der Waals surface area contributed by atoms with E-state index in [2.05, 4.69) is 4.90 Å². The van der Waals surface area contributed by atoms with Gasteiger partial charge in [0.15, 0.2) is 0 Å². The Balaban J connectivity index is 1.84. The van der Waals surface area contributed by atoms with Crippen LogP contribution in [-0.2, 0) is 4.74 Å². The van der Waals surface area contributed by atoms with E-state index in [4.69, 9.17) is 9.47 Å². The number of hydrogen-bond donors (Lipinski definition) is 0. The highest BCUT2D eigenvalue weighted by Gasteiger charge is 2.28. The van der Waals surface area contributed by atoms with Crippen LogP contribution < -0.4 is 4.74 Å². The maximum absolute atomic E-state index is 13.5. The third kappa shape index (κ3) is 5.31. The zero-order valence-corrected chi connectivity index (χ0v) is 16.1. The molecule has 1 aliphatic rings. The Hall–Kier alpha value is -2.37. The van der Waals surface area contributed by atoms with Crippen LogP contribution >= 0.6 is 0 Å². The van der Waals surface area contributed by atoms with Gasteiger partial charge in [-0.25, -0.2) is 0 Å². The Morgan fingerprint density at radius 3 is 2.37 bits per heavy atom. The van der Waals surface area contributed by atoms with Gasteiger partial charge >= 0.3 is 0 Å². The zero-order chi connectivity index (χ0) is 19.1.